The van der Waals surface area contributed by atoms with Crippen molar-refractivity contribution in [1.29, 1.82) is 0 Å². The lowest BCUT2D eigenvalue weighted by Gasteiger charge is -2.19. The fourth-order valence-electron chi connectivity index (χ4n) is 2.61. The molecule has 0 aliphatic carbocycles. The van der Waals surface area contributed by atoms with Crippen molar-refractivity contribution in [3.05, 3.63) is 59.7 Å². The van der Waals surface area contributed by atoms with Gasteiger partial charge in [0.05, 0.1) is 12.4 Å². The summed E-state index contributed by atoms with van der Waals surface area (Å²) in [6.07, 6.45) is 0.926. The topological polar surface area (TPSA) is 98.5 Å². The highest BCUT2D eigenvalue weighted by Gasteiger charge is 2.13. The molecule has 0 heterocycles. The number of sulfonamides is 1. The zero-order valence-corrected chi connectivity index (χ0v) is 17.4. The van der Waals surface area contributed by atoms with Gasteiger partial charge < -0.3 is 10.1 Å². The van der Waals surface area contributed by atoms with Gasteiger partial charge >= 0.3 is 0 Å². The molecule has 7 heteroatoms. The molecule has 0 fully saturated rings. The molecule has 0 radical (unpaired) electrons. The number of nitrogens with two attached hydrogens (primary N) is 1. The van der Waals surface area contributed by atoms with Gasteiger partial charge in [-0.25, -0.2) is 13.6 Å². The van der Waals surface area contributed by atoms with Gasteiger partial charge in [-0.2, -0.15) is 0 Å². The maximum atomic E-state index is 12.0. The minimum Gasteiger partial charge on any atom is -0.494 e. The highest BCUT2D eigenvalue weighted by molar-refractivity contribution is 7.88. The lowest BCUT2D eigenvalue weighted by atomic mass is 9.87. The first kappa shape index (κ1) is 21.9. The van der Waals surface area contributed by atoms with Gasteiger partial charge in [0.1, 0.15) is 5.75 Å². The average Bonchev–Trinajstić information content (AvgIpc) is 2.59. The number of carbonyl (C=O) groups is 1. The van der Waals surface area contributed by atoms with E-state index in [-0.39, 0.29) is 17.1 Å². The van der Waals surface area contributed by atoms with E-state index in [9.17, 15) is 13.2 Å². The average molecular weight is 405 g/mol. The van der Waals surface area contributed by atoms with Crippen LogP contribution >= 0.6 is 0 Å². The summed E-state index contributed by atoms with van der Waals surface area (Å²) < 4.78 is 27.8. The number of ether oxygens (including phenoxy) is 1. The zero-order chi connectivity index (χ0) is 20.8. The third-order valence-corrected chi connectivity index (χ3v) is 4.88. The van der Waals surface area contributed by atoms with Crippen molar-refractivity contribution in [1.82, 2.24) is 0 Å². The van der Waals surface area contributed by atoms with E-state index >= 15 is 0 Å². The number of primary sulfonamides is 1. The van der Waals surface area contributed by atoms with Crippen molar-refractivity contribution in [3.63, 3.8) is 0 Å². The summed E-state index contributed by atoms with van der Waals surface area (Å²) in [7, 11) is -3.56. The molecular formula is C21H28N2O4S. The number of rotatable bonds is 8. The summed E-state index contributed by atoms with van der Waals surface area (Å²) in [5.41, 5.74) is 2.54. The third kappa shape index (κ3) is 7.70. The number of carbonyl (C=O) groups excluding carboxylic acids is 1. The first-order valence-electron chi connectivity index (χ1n) is 9.15. The fourth-order valence-corrected chi connectivity index (χ4v) is 3.27. The molecule has 0 bridgehead atoms. The molecule has 0 saturated carbocycles. The Kier molecular flexibility index (Phi) is 7.21. The van der Waals surface area contributed by atoms with Gasteiger partial charge in [-0.05, 0) is 47.2 Å². The van der Waals surface area contributed by atoms with Crippen LogP contribution in [0.25, 0.3) is 0 Å². The van der Waals surface area contributed by atoms with Crippen LogP contribution in [-0.4, -0.2) is 20.9 Å². The fraction of sp³-hybridized carbons (Fsp3) is 0.381. The first-order valence-corrected chi connectivity index (χ1v) is 10.9. The molecule has 2 rings (SSSR count). The van der Waals surface area contributed by atoms with E-state index in [0.717, 1.165) is 5.75 Å². The Balaban J connectivity index is 1.72. The van der Waals surface area contributed by atoms with Crippen LogP contribution in [0, 0.1) is 0 Å². The van der Waals surface area contributed by atoms with E-state index < -0.39 is 10.0 Å². The standard InChI is InChI=1S/C21H28N2O4S/c1-21(2,3)17-8-12-19(13-9-17)27-14-4-5-20(24)23-18-10-6-16(7-11-18)15-28(22,25)26/h6-13H,4-5,14-15H2,1-3H3,(H,23,24)(H2,22,25,26). The number of hydrogen-bond donors (Lipinski definition) is 2. The molecule has 0 atom stereocenters. The van der Waals surface area contributed by atoms with Crippen molar-refractivity contribution in [2.75, 3.05) is 11.9 Å². The van der Waals surface area contributed by atoms with Gasteiger partial charge in [0, 0.05) is 12.1 Å². The Labute approximate surface area is 167 Å². The van der Waals surface area contributed by atoms with Crippen molar-refractivity contribution >= 4 is 21.6 Å². The first-order chi connectivity index (χ1) is 13.0. The molecular weight excluding hydrogens is 376 g/mol. The van der Waals surface area contributed by atoms with Gasteiger partial charge in [-0.3, -0.25) is 4.79 Å². The molecule has 0 aliphatic rings. The second kappa shape index (κ2) is 9.21. The normalized spacial score (nSPS) is 11.9. The summed E-state index contributed by atoms with van der Waals surface area (Å²) in [5, 5.41) is 7.79. The van der Waals surface area contributed by atoms with Gasteiger partial charge in [0.25, 0.3) is 0 Å². The molecule has 28 heavy (non-hydrogen) atoms. The molecule has 0 unspecified atom stereocenters. The number of amides is 1. The number of hydrogen-bond acceptors (Lipinski definition) is 4. The molecule has 0 spiro atoms. The minimum atomic E-state index is -3.56. The summed E-state index contributed by atoms with van der Waals surface area (Å²) in [6, 6.07) is 14.6. The predicted molar refractivity (Wildman–Crippen MR) is 112 cm³/mol. The van der Waals surface area contributed by atoms with Gasteiger partial charge in [-0.15, -0.1) is 0 Å². The second-order valence-corrected chi connectivity index (χ2v) is 9.39. The molecule has 2 aromatic carbocycles. The van der Waals surface area contributed by atoms with E-state index in [2.05, 4.69) is 38.2 Å². The molecule has 1 amide bonds. The van der Waals surface area contributed by atoms with Crippen LogP contribution in [0.5, 0.6) is 5.75 Å². The Morgan fingerprint density at radius 1 is 1.04 bits per heavy atom. The maximum Gasteiger partial charge on any atom is 0.224 e. The molecule has 6 nitrogen and oxygen atoms in total. The molecule has 0 saturated heterocycles. The van der Waals surface area contributed by atoms with Crippen LogP contribution in [-0.2, 0) is 26.0 Å². The Bertz CT molecular complexity index is 883. The summed E-state index contributed by atoms with van der Waals surface area (Å²) >= 11 is 0. The monoisotopic (exact) mass is 404 g/mol. The van der Waals surface area contributed by atoms with Crippen LogP contribution in [0.15, 0.2) is 48.5 Å². The van der Waals surface area contributed by atoms with Gasteiger partial charge in [0.15, 0.2) is 0 Å². The van der Waals surface area contributed by atoms with Crippen LogP contribution in [0.2, 0.25) is 0 Å². The highest BCUT2D eigenvalue weighted by atomic mass is 32.2. The maximum absolute atomic E-state index is 12.0. The lowest BCUT2D eigenvalue weighted by Crippen LogP contribution is -2.15. The molecule has 2 aromatic rings. The molecule has 0 aliphatic heterocycles. The number of benzene rings is 2. The van der Waals surface area contributed by atoms with E-state index in [1.165, 1.54) is 5.56 Å². The van der Waals surface area contributed by atoms with E-state index in [1.807, 2.05) is 12.1 Å². The van der Waals surface area contributed by atoms with Crippen molar-refractivity contribution in [3.8, 4) is 5.75 Å². The summed E-state index contributed by atoms with van der Waals surface area (Å²) in [6.45, 7) is 6.94. The number of anilines is 1. The Hall–Kier alpha value is -2.38. The van der Waals surface area contributed by atoms with E-state index in [4.69, 9.17) is 9.88 Å². The van der Waals surface area contributed by atoms with Gasteiger partial charge in [-0.1, -0.05) is 45.0 Å². The third-order valence-electron chi connectivity index (χ3n) is 4.14. The summed E-state index contributed by atoms with van der Waals surface area (Å²) in [5.74, 6) is 0.444. The van der Waals surface area contributed by atoms with Crippen LogP contribution in [0.4, 0.5) is 5.69 Å². The quantitative estimate of drug-likeness (QED) is 0.657. The number of nitrogens with one attached hydrogen (secondary N) is 1. The predicted octanol–water partition coefficient (Wildman–Crippen LogP) is 3.57. The van der Waals surface area contributed by atoms with Crippen molar-refractivity contribution in [2.45, 2.75) is 44.8 Å². The zero-order valence-electron chi connectivity index (χ0n) is 16.6. The highest BCUT2D eigenvalue weighted by Crippen LogP contribution is 2.24. The Morgan fingerprint density at radius 2 is 1.64 bits per heavy atom. The van der Waals surface area contributed by atoms with Crippen LogP contribution < -0.4 is 15.2 Å². The van der Waals surface area contributed by atoms with Gasteiger partial charge in [0.2, 0.25) is 15.9 Å². The SMILES string of the molecule is CC(C)(C)c1ccc(OCCCC(=O)Nc2ccc(CS(N)(=O)=O)cc2)cc1. The minimum absolute atomic E-state index is 0.105. The van der Waals surface area contributed by atoms with E-state index in [0.29, 0.717) is 30.7 Å². The second-order valence-electron chi connectivity index (χ2n) is 7.78. The Morgan fingerprint density at radius 3 is 2.18 bits per heavy atom. The molecule has 152 valence electrons. The van der Waals surface area contributed by atoms with Crippen molar-refractivity contribution in [2.24, 2.45) is 5.14 Å². The lowest BCUT2D eigenvalue weighted by molar-refractivity contribution is -0.116. The summed E-state index contributed by atoms with van der Waals surface area (Å²) in [4.78, 5) is 12.0. The van der Waals surface area contributed by atoms with Crippen molar-refractivity contribution < 1.29 is 17.9 Å². The molecule has 3 N–H and O–H groups in total. The smallest absolute Gasteiger partial charge is 0.224 e. The van der Waals surface area contributed by atoms with E-state index in [1.54, 1.807) is 24.3 Å². The largest absolute Gasteiger partial charge is 0.494 e. The van der Waals surface area contributed by atoms with Crippen LogP contribution in [0.1, 0.15) is 44.7 Å². The molecule has 0 aromatic heterocycles. The van der Waals surface area contributed by atoms with Crippen LogP contribution in [0.3, 0.4) is 0 Å².